The van der Waals surface area contributed by atoms with Crippen LogP contribution in [0.4, 0.5) is 0 Å². The van der Waals surface area contributed by atoms with Crippen molar-refractivity contribution < 1.29 is 9.21 Å². The molecule has 4 nitrogen and oxygen atoms in total. The Kier molecular flexibility index (Phi) is 2.67. The molecular formula is C11H12N2O2. The van der Waals surface area contributed by atoms with Crippen molar-refractivity contribution in [3.05, 3.63) is 42.1 Å². The lowest BCUT2D eigenvalue weighted by Crippen LogP contribution is -2.10. The summed E-state index contributed by atoms with van der Waals surface area (Å²) in [5.41, 5.74) is 1.17. The Labute approximate surface area is 87.5 Å². The first-order valence-corrected chi connectivity index (χ1v) is 4.91. The molecule has 0 aliphatic carbocycles. The minimum atomic E-state index is -0.0466. The number of nitrogens with zero attached hydrogens (tertiary/aromatic N) is 2. The van der Waals surface area contributed by atoms with Gasteiger partial charge >= 0.3 is 0 Å². The van der Waals surface area contributed by atoms with Crippen LogP contribution in [-0.4, -0.2) is 15.6 Å². The van der Waals surface area contributed by atoms with Crippen LogP contribution in [0.5, 0.6) is 0 Å². The van der Waals surface area contributed by atoms with Crippen molar-refractivity contribution in [1.29, 1.82) is 0 Å². The predicted molar refractivity (Wildman–Crippen MR) is 54.7 cm³/mol. The normalized spacial score (nSPS) is 10.5. The Morgan fingerprint density at radius 1 is 1.53 bits per heavy atom. The van der Waals surface area contributed by atoms with E-state index in [0.717, 1.165) is 13.0 Å². The first-order chi connectivity index (χ1) is 7.33. The molecule has 0 spiro atoms. The Morgan fingerprint density at radius 3 is 3.07 bits per heavy atom. The van der Waals surface area contributed by atoms with Crippen molar-refractivity contribution in [1.82, 2.24) is 9.78 Å². The van der Waals surface area contributed by atoms with Crippen molar-refractivity contribution in [3.63, 3.8) is 0 Å². The van der Waals surface area contributed by atoms with Gasteiger partial charge in [0.2, 0.25) is 5.78 Å². The van der Waals surface area contributed by atoms with Gasteiger partial charge in [0, 0.05) is 12.7 Å². The second kappa shape index (κ2) is 4.13. The van der Waals surface area contributed by atoms with E-state index < -0.39 is 0 Å². The number of aromatic nitrogens is 2. The van der Waals surface area contributed by atoms with E-state index in [1.807, 2.05) is 6.92 Å². The van der Waals surface area contributed by atoms with Crippen LogP contribution in [0.1, 0.15) is 29.4 Å². The maximum absolute atomic E-state index is 11.9. The number of aryl methyl sites for hydroxylation is 1. The van der Waals surface area contributed by atoms with E-state index in [-0.39, 0.29) is 5.78 Å². The molecule has 0 saturated heterocycles. The van der Waals surface area contributed by atoms with E-state index in [1.54, 1.807) is 23.0 Å². The molecule has 78 valence electrons. The fourth-order valence-corrected chi connectivity index (χ4v) is 1.46. The van der Waals surface area contributed by atoms with Crippen LogP contribution in [0.25, 0.3) is 0 Å². The van der Waals surface area contributed by atoms with Gasteiger partial charge in [-0.3, -0.25) is 9.48 Å². The van der Waals surface area contributed by atoms with Gasteiger partial charge in [-0.15, -0.1) is 0 Å². The van der Waals surface area contributed by atoms with Gasteiger partial charge in [-0.2, -0.15) is 5.10 Å². The zero-order valence-corrected chi connectivity index (χ0v) is 8.51. The Balaban J connectivity index is 2.29. The van der Waals surface area contributed by atoms with Gasteiger partial charge in [0.15, 0.2) is 0 Å². The molecule has 0 aliphatic heterocycles. The van der Waals surface area contributed by atoms with Crippen molar-refractivity contribution >= 4 is 5.78 Å². The summed E-state index contributed by atoms with van der Waals surface area (Å²) in [5, 5.41) is 4.10. The second-order valence-corrected chi connectivity index (χ2v) is 3.28. The van der Waals surface area contributed by atoms with Gasteiger partial charge in [0.25, 0.3) is 0 Å². The number of hydrogen-bond donors (Lipinski definition) is 0. The second-order valence-electron chi connectivity index (χ2n) is 3.28. The summed E-state index contributed by atoms with van der Waals surface area (Å²) in [5.74, 6) is -0.0466. The van der Waals surface area contributed by atoms with Gasteiger partial charge < -0.3 is 4.42 Å². The Hall–Kier alpha value is -1.84. The third-order valence-electron chi connectivity index (χ3n) is 2.17. The fourth-order valence-electron chi connectivity index (χ4n) is 1.46. The molecule has 0 saturated carbocycles. The molecule has 0 unspecified atom stereocenters. The summed E-state index contributed by atoms with van der Waals surface area (Å²) in [4.78, 5) is 11.9. The summed E-state index contributed by atoms with van der Waals surface area (Å²) >= 11 is 0. The molecule has 4 heteroatoms. The van der Waals surface area contributed by atoms with Crippen LogP contribution in [0, 0.1) is 0 Å². The van der Waals surface area contributed by atoms with E-state index >= 15 is 0 Å². The van der Waals surface area contributed by atoms with Gasteiger partial charge in [-0.1, -0.05) is 6.92 Å². The highest BCUT2D eigenvalue weighted by Gasteiger charge is 2.14. The van der Waals surface area contributed by atoms with Crippen LogP contribution < -0.4 is 0 Å². The summed E-state index contributed by atoms with van der Waals surface area (Å²) < 4.78 is 6.60. The highest BCUT2D eigenvalue weighted by Crippen LogP contribution is 2.10. The molecule has 2 rings (SSSR count). The molecule has 0 amide bonds. The van der Waals surface area contributed by atoms with Crippen LogP contribution in [0.15, 0.2) is 35.3 Å². The smallest absolute Gasteiger partial charge is 0.214 e. The van der Waals surface area contributed by atoms with Gasteiger partial charge in [-0.05, 0) is 18.6 Å². The van der Waals surface area contributed by atoms with E-state index in [2.05, 4.69) is 5.10 Å². The number of carbonyl (C=O) groups excluding carboxylic acids is 1. The molecule has 0 fully saturated rings. The SMILES string of the molecule is CCCn1nccc1C(=O)c1ccoc1. The van der Waals surface area contributed by atoms with Gasteiger partial charge in [-0.25, -0.2) is 0 Å². The fraction of sp³-hybridized carbons (Fsp3) is 0.273. The molecule has 2 aromatic rings. The summed E-state index contributed by atoms with van der Waals surface area (Å²) in [6, 6.07) is 3.39. The summed E-state index contributed by atoms with van der Waals surface area (Å²) in [6.07, 6.45) is 5.54. The third kappa shape index (κ3) is 1.83. The van der Waals surface area contributed by atoms with Crippen LogP contribution in [-0.2, 0) is 6.54 Å². The van der Waals surface area contributed by atoms with Crippen LogP contribution in [0.2, 0.25) is 0 Å². The largest absolute Gasteiger partial charge is 0.472 e. The topological polar surface area (TPSA) is 48.0 Å². The van der Waals surface area contributed by atoms with Gasteiger partial charge in [0.1, 0.15) is 12.0 Å². The Morgan fingerprint density at radius 2 is 2.40 bits per heavy atom. The molecule has 2 heterocycles. The quantitative estimate of drug-likeness (QED) is 0.716. The lowest BCUT2D eigenvalue weighted by atomic mass is 10.1. The molecule has 0 atom stereocenters. The standard InChI is InChI=1S/C11H12N2O2/c1-2-6-13-10(3-5-12-13)11(14)9-4-7-15-8-9/h3-5,7-8H,2,6H2,1H3. The lowest BCUT2D eigenvalue weighted by Gasteiger charge is -2.03. The maximum atomic E-state index is 11.9. The van der Waals surface area contributed by atoms with E-state index in [4.69, 9.17) is 4.42 Å². The first-order valence-electron chi connectivity index (χ1n) is 4.91. The molecule has 2 aromatic heterocycles. The molecule has 0 aromatic carbocycles. The number of carbonyl (C=O) groups is 1. The monoisotopic (exact) mass is 204 g/mol. The van der Waals surface area contributed by atoms with Crippen molar-refractivity contribution in [2.45, 2.75) is 19.9 Å². The highest BCUT2D eigenvalue weighted by molar-refractivity contribution is 6.07. The first kappa shape index (κ1) is 9.71. The zero-order chi connectivity index (χ0) is 10.7. The van der Waals surface area contributed by atoms with Crippen molar-refractivity contribution in [3.8, 4) is 0 Å². The average molecular weight is 204 g/mol. The molecule has 0 N–H and O–H groups in total. The molecule has 0 bridgehead atoms. The minimum Gasteiger partial charge on any atom is -0.472 e. The zero-order valence-electron chi connectivity index (χ0n) is 8.51. The lowest BCUT2D eigenvalue weighted by molar-refractivity contribution is 0.102. The van der Waals surface area contributed by atoms with E-state index in [1.165, 1.54) is 12.5 Å². The molecule has 0 aliphatic rings. The predicted octanol–water partition coefficient (Wildman–Crippen LogP) is 2.12. The van der Waals surface area contributed by atoms with Crippen LogP contribution >= 0.6 is 0 Å². The number of ketones is 1. The van der Waals surface area contributed by atoms with Crippen molar-refractivity contribution in [2.24, 2.45) is 0 Å². The van der Waals surface area contributed by atoms with Gasteiger partial charge in [0.05, 0.1) is 11.8 Å². The molecule has 0 radical (unpaired) electrons. The van der Waals surface area contributed by atoms with Crippen LogP contribution in [0.3, 0.4) is 0 Å². The van der Waals surface area contributed by atoms with E-state index in [9.17, 15) is 4.79 Å². The highest BCUT2D eigenvalue weighted by atomic mass is 16.3. The number of furan rings is 1. The third-order valence-corrected chi connectivity index (χ3v) is 2.17. The summed E-state index contributed by atoms with van der Waals surface area (Å²) in [6.45, 7) is 2.81. The number of rotatable bonds is 4. The summed E-state index contributed by atoms with van der Waals surface area (Å²) in [7, 11) is 0. The maximum Gasteiger partial charge on any atom is 0.214 e. The van der Waals surface area contributed by atoms with E-state index in [0.29, 0.717) is 11.3 Å². The molecular weight excluding hydrogens is 192 g/mol. The number of hydrogen-bond acceptors (Lipinski definition) is 3. The van der Waals surface area contributed by atoms with Crippen molar-refractivity contribution in [2.75, 3.05) is 0 Å². The minimum absolute atomic E-state index is 0.0466. The Bertz CT molecular complexity index is 443. The average Bonchev–Trinajstić information content (AvgIpc) is 2.87. The molecule has 15 heavy (non-hydrogen) atoms.